The van der Waals surface area contributed by atoms with Crippen LogP contribution in [-0.4, -0.2) is 15.0 Å². The van der Waals surface area contributed by atoms with Gasteiger partial charge in [-0.15, -0.1) is 4.98 Å². The number of hydrogen-bond acceptors (Lipinski definition) is 2. The molecule has 1 N–H and O–H groups in total. The molecule has 0 aromatic carbocycles. The monoisotopic (exact) mass is 161 g/mol. The average molecular weight is 161 g/mol. The maximum absolute atomic E-state index is 4.30. The molecule has 0 radical (unpaired) electrons. The van der Waals surface area contributed by atoms with Crippen LogP contribution in [0.5, 0.6) is 0 Å². The topological polar surface area (TPSA) is 45.5 Å². The quantitative estimate of drug-likeness (QED) is 0.615. The first kappa shape index (κ1) is 6.97. The number of aromatic amines is 1. The van der Waals surface area contributed by atoms with Crippen molar-refractivity contribution in [3.8, 4) is 5.82 Å². The summed E-state index contributed by atoms with van der Waals surface area (Å²) in [4.78, 5) is 11.3. The van der Waals surface area contributed by atoms with Crippen LogP contribution in [0.25, 0.3) is 5.82 Å². The summed E-state index contributed by atoms with van der Waals surface area (Å²) in [6.07, 6.45) is 9.01. The molecule has 12 heavy (non-hydrogen) atoms. The van der Waals surface area contributed by atoms with E-state index in [0.717, 1.165) is 11.5 Å². The molecule has 0 bridgehead atoms. The van der Waals surface area contributed by atoms with Crippen molar-refractivity contribution in [2.24, 2.45) is 0 Å². The van der Waals surface area contributed by atoms with Crippen LogP contribution in [0.3, 0.4) is 0 Å². The molecule has 0 amide bonds. The zero-order chi connectivity index (χ0) is 8.39. The van der Waals surface area contributed by atoms with Crippen molar-refractivity contribution >= 4 is 0 Å². The molecular weight excluding hydrogens is 152 g/mol. The van der Waals surface area contributed by atoms with Gasteiger partial charge in [0.15, 0.2) is 6.33 Å². The van der Waals surface area contributed by atoms with Crippen LogP contribution in [0.15, 0.2) is 31.1 Å². The highest BCUT2D eigenvalue weighted by Gasteiger charge is 2.04. The number of hydrogen-bond donors (Lipinski definition) is 1. The Balaban J connectivity index is 2.48. The average Bonchev–Trinajstić information content (AvgIpc) is 2.56. The smallest absolute Gasteiger partial charge is 0.283 e. The van der Waals surface area contributed by atoms with Gasteiger partial charge in [0.25, 0.3) is 5.82 Å². The fraction of sp³-hybridized carbons (Fsp3) is 0.125. The number of imidazole rings is 1. The molecule has 2 aromatic rings. The first-order chi connectivity index (χ1) is 5.86. The van der Waals surface area contributed by atoms with Crippen LogP contribution in [0.4, 0.5) is 0 Å². The molecule has 2 aromatic heterocycles. The van der Waals surface area contributed by atoms with Gasteiger partial charge in [-0.2, -0.15) is 0 Å². The van der Waals surface area contributed by atoms with E-state index in [4.69, 9.17) is 0 Å². The van der Waals surface area contributed by atoms with E-state index < -0.39 is 0 Å². The highest BCUT2D eigenvalue weighted by atomic mass is 15.1. The molecule has 4 nitrogen and oxygen atoms in total. The molecular formula is C8H9N4+. The zero-order valence-corrected chi connectivity index (χ0v) is 6.73. The van der Waals surface area contributed by atoms with Gasteiger partial charge in [0.2, 0.25) is 0 Å². The van der Waals surface area contributed by atoms with E-state index in [1.807, 2.05) is 30.2 Å². The summed E-state index contributed by atoms with van der Waals surface area (Å²) in [6, 6.07) is 0. The Hall–Kier alpha value is -1.71. The van der Waals surface area contributed by atoms with Gasteiger partial charge in [-0.1, -0.05) is 0 Å². The summed E-state index contributed by atoms with van der Waals surface area (Å²) in [5, 5.41) is 0. The molecule has 0 saturated heterocycles. The van der Waals surface area contributed by atoms with Crippen molar-refractivity contribution in [1.82, 2.24) is 15.0 Å². The molecule has 60 valence electrons. The second-order valence-electron chi connectivity index (χ2n) is 2.54. The van der Waals surface area contributed by atoms with Crippen molar-refractivity contribution in [2.75, 3.05) is 0 Å². The van der Waals surface area contributed by atoms with Gasteiger partial charge in [0.1, 0.15) is 18.1 Å². The first-order valence-corrected chi connectivity index (χ1v) is 3.69. The maximum atomic E-state index is 4.30. The fourth-order valence-electron chi connectivity index (χ4n) is 1.01. The molecule has 0 spiro atoms. The van der Waals surface area contributed by atoms with Crippen molar-refractivity contribution < 1.29 is 4.57 Å². The lowest BCUT2D eigenvalue weighted by Crippen LogP contribution is -2.28. The van der Waals surface area contributed by atoms with Gasteiger partial charge >= 0.3 is 0 Å². The Bertz CT molecular complexity index is 366. The van der Waals surface area contributed by atoms with Crippen LogP contribution >= 0.6 is 0 Å². The van der Waals surface area contributed by atoms with E-state index in [9.17, 15) is 0 Å². The summed E-state index contributed by atoms with van der Waals surface area (Å²) in [5.41, 5.74) is 0.918. The number of H-pyrrole nitrogens is 1. The third-order valence-corrected chi connectivity index (χ3v) is 1.55. The lowest BCUT2D eigenvalue weighted by molar-refractivity contribution is -0.598. The number of aromatic nitrogens is 4. The molecule has 4 heteroatoms. The summed E-state index contributed by atoms with van der Waals surface area (Å²) < 4.78 is 1.88. The molecule has 0 unspecified atom stereocenters. The number of rotatable bonds is 1. The van der Waals surface area contributed by atoms with E-state index in [1.165, 1.54) is 0 Å². The van der Waals surface area contributed by atoms with Crippen molar-refractivity contribution in [3.05, 3.63) is 36.8 Å². The van der Waals surface area contributed by atoms with E-state index in [0.29, 0.717) is 0 Å². The van der Waals surface area contributed by atoms with Crippen molar-refractivity contribution in [2.45, 2.75) is 6.92 Å². The van der Waals surface area contributed by atoms with Gasteiger partial charge in [-0.05, 0) is 6.92 Å². The minimum atomic E-state index is 0.830. The number of aryl methyl sites for hydroxylation is 1. The lowest BCUT2D eigenvalue weighted by Gasteiger charge is -1.91. The number of nitrogens with zero attached hydrogens (tertiary/aromatic N) is 3. The molecule has 0 aliphatic heterocycles. The van der Waals surface area contributed by atoms with Crippen LogP contribution in [0.2, 0.25) is 0 Å². The van der Waals surface area contributed by atoms with Crippen LogP contribution in [-0.2, 0) is 0 Å². The Morgan fingerprint density at radius 1 is 1.42 bits per heavy atom. The van der Waals surface area contributed by atoms with Gasteiger partial charge < -0.3 is 0 Å². The summed E-state index contributed by atoms with van der Waals surface area (Å²) in [5.74, 6) is 0.830. The van der Waals surface area contributed by atoms with E-state index in [2.05, 4.69) is 15.0 Å². The summed E-state index contributed by atoms with van der Waals surface area (Å²) in [7, 11) is 0. The highest BCUT2D eigenvalue weighted by Crippen LogP contribution is 1.92. The lowest BCUT2D eigenvalue weighted by atomic mass is 10.5. The molecule has 0 aliphatic carbocycles. The Morgan fingerprint density at radius 3 is 3.00 bits per heavy atom. The highest BCUT2D eigenvalue weighted by molar-refractivity contribution is 5.06. The Kier molecular flexibility index (Phi) is 1.59. The minimum Gasteiger partial charge on any atom is -0.283 e. The molecule has 2 rings (SSSR count). The SMILES string of the molecule is Cc1cncc(-[n+]2cc[nH]c2)n1. The molecule has 0 aliphatic rings. The van der Waals surface area contributed by atoms with Gasteiger partial charge in [0, 0.05) is 0 Å². The van der Waals surface area contributed by atoms with E-state index in [1.54, 1.807) is 12.4 Å². The molecule has 0 saturated carbocycles. The molecule has 0 atom stereocenters. The predicted octanol–water partition coefficient (Wildman–Crippen LogP) is 0.390. The fourth-order valence-corrected chi connectivity index (χ4v) is 1.01. The Morgan fingerprint density at radius 2 is 2.33 bits per heavy atom. The second kappa shape index (κ2) is 2.73. The minimum absolute atomic E-state index is 0.830. The van der Waals surface area contributed by atoms with E-state index >= 15 is 0 Å². The standard InChI is InChI=1S/C8H8N4/c1-7-4-10-5-8(11-7)12-3-2-9-6-12/h2-6H,1H3/p+1. The van der Waals surface area contributed by atoms with Crippen LogP contribution in [0.1, 0.15) is 5.69 Å². The molecule has 2 heterocycles. The molecule has 0 fully saturated rings. The largest absolute Gasteiger partial charge is 0.285 e. The van der Waals surface area contributed by atoms with Gasteiger partial charge in [0.05, 0.1) is 12.4 Å². The summed E-state index contributed by atoms with van der Waals surface area (Å²) >= 11 is 0. The van der Waals surface area contributed by atoms with Crippen molar-refractivity contribution in [3.63, 3.8) is 0 Å². The van der Waals surface area contributed by atoms with E-state index in [-0.39, 0.29) is 0 Å². The first-order valence-electron chi connectivity index (χ1n) is 3.69. The van der Waals surface area contributed by atoms with Gasteiger partial charge in [-0.3, -0.25) is 9.97 Å². The zero-order valence-electron chi connectivity index (χ0n) is 6.73. The van der Waals surface area contributed by atoms with Crippen LogP contribution < -0.4 is 4.57 Å². The Labute approximate surface area is 69.9 Å². The van der Waals surface area contributed by atoms with Crippen molar-refractivity contribution in [1.29, 1.82) is 0 Å². The third kappa shape index (κ3) is 1.18. The van der Waals surface area contributed by atoms with Gasteiger partial charge in [-0.25, -0.2) is 4.57 Å². The summed E-state index contributed by atoms with van der Waals surface area (Å²) in [6.45, 7) is 1.92. The predicted molar refractivity (Wildman–Crippen MR) is 42.7 cm³/mol. The second-order valence-corrected chi connectivity index (χ2v) is 2.54. The number of nitrogens with one attached hydrogen (secondary N) is 1. The maximum Gasteiger partial charge on any atom is 0.285 e. The third-order valence-electron chi connectivity index (χ3n) is 1.55. The normalized spacial score (nSPS) is 10.1. The van der Waals surface area contributed by atoms with Crippen LogP contribution in [0, 0.1) is 6.92 Å².